The molecular formula is C15H14BrClFNO. The van der Waals surface area contributed by atoms with Gasteiger partial charge in [0.05, 0.1) is 5.02 Å². The molecule has 0 spiro atoms. The van der Waals surface area contributed by atoms with Crippen molar-refractivity contribution in [2.75, 3.05) is 0 Å². The number of nitrogens with two attached hydrogens (primary N) is 1. The first-order chi connectivity index (χ1) is 9.47. The third-order valence-corrected chi connectivity index (χ3v) is 3.61. The highest BCUT2D eigenvalue weighted by Gasteiger charge is 2.19. The summed E-state index contributed by atoms with van der Waals surface area (Å²) in [5.41, 5.74) is 6.90. The van der Waals surface area contributed by atoms with Gasteiger partial charge in [0.2, 0.25) is 0 Å². The first-order valence-corrected chi connectivity index (χ1v) is 7.27. The maximum atomic E-state index is 13.4. The van der Waals surface area contributed by atoms with Crippen molar-refractivity contribution in [3.8, 4) is 5.75 Å². The number of hydrogen-bond acceptors (Lipinski definition) is 2. The van der Waals surface area contributed by atoms with E-state index in [1.54, 1.807) is 6.07 Å². The Balaban J connectivity index is 2.28. The standard InChI is InChI=1S/C15H14BrClFNO/c1-9(19)15(10-3-2-4-11(16)7-10)20-12-5-6-13(17)14(18)8-12/h2-9,15H,19H2,1H3. The van der Waals surface area contributed by atoms with Gasteiger partial charge in [0.1, 0.15) is 17.7 Å². The molecule has 2 aromatic carbocycles. The Kier molecular flexibility index (Phi) is 5.02. The van der Waals surface area contributed by atoms with E-state index < -0.39 is 5.82 Å². The first-order valence-electron chi connectivity index (χ1n) is 6.10. The second-order valence-electron chi connectivity index (χ2n) is 4.53. The zero-order chi connectivity index (χ0) is 14.7. The van der Waals surface area contributed by atoms with Crippen LogP contribution in [0.25, 0.3) is 0 Å². The van der Waals surface area contributed by atoms with Crippen LogP contribution in [-0.4, -0.2) is 6.04 Å². The normalized spacial score (nSPS) is 13.8. The Hall–Kier alpha value is -1.10. The van der Waals surface area contributed by atoms with E-state index in [-0.39, 0.29) is 17.2 Å². The van der Waals surface area contributed by atoms with Crippen molar-refractivity contribution < 1.29 is 9.13 Å². The summed E-state index contributed by atoms with van der Waals surface area (Å²) in [5.74, 6) is -0.115. The predicted octanol–water partition coefficient (Wildman–Crippen LogP) is 4.71. The topological polar surface area (TPSA) is 35.2 Å². The fourth-order valence-corrected chi connectivity index (χ4v) is 2.39. The van der Waals surface area contributed by atoms with Crippen LogP contribution in [0.15, 0.2) is 46.9 Å². The molecule has 0 aromatic heterocycles. The zero-order valence-electron chi connectivity index (χ0n) is 10.8. The summed E-state index contributed by atoms with van der Waals surface area (Å²) in [5, 5.41) is 0.0668. The van der Waals surface area contributed by atoms with Gasteiger partial charge in [-0.15, -0.1) is 0 Å². The number of benzene rings is 2. The van der Waals surface area contributed by atoms with Crippen LogP contribution in [0.2, 0.25) is 5.02 Å². The van der Waals surface area contributed by atoms with Gasteiger partial charge >= 0.3 is 0 Å². The van der Waals surface area contributed by atoms with Crippen LogP contribution in [0.5, 0.6) is 5.75 Å². The summed E-state index contributed by atoms with van der Waals surface area (Å²) in [4.78, 5) is 0. The van der Waals surface area contributed by atoms with Gasteiger partial charge in [-0.25, -0.2) is 4.39 Å². The molecule has 0 fully saturated rings. The minimum atomic E-state index is -0.512. The molecule has 2 N–H and O–H groups in total. The molecule has 0 saturated carbocycles. The van der Waals surface area contributed by atoms with Gasteiger partial charge in [0, 0.05) is 16.6 Å². The minimum absolute atomic E-state index is 0.0668. The molecule has 2 atom stereocenters. The predicted molar refractivity (Wildman–Crippen MR) is 82.6 cm³/mol. The Bertz CT molecular complexity index is 606. The summed E-state index contributed by atoms with van der Waals surface area (Å²) >= 11 is 9.07. The van der Waals surface area contributed by atoms with E-state index in [2.05, 4.69) is 15.9 Å². The lowest BCUT2D eigenvalue weighted by Gasteiger charge is -2.23. The summed E-state index contributed by atoms with van der Waals surface area (Å²) in [6.45, 7) is 1.85. The zero-order valence-corrected chi connectivity index (χ0v) is 13.2. The third-order valence-electron chi connectivity index (χ3n) is 2.81. The smallest absolute Gasteiger partial charge is 0.145 e. The molecule has 0 aliphatic rings. The van der Waals surface area contributed by atoms with E-state index >= 15 is 0 Å². The van der Waals surface area contributed by atoms with Crippen LogP contribution in [0, 0.1) is 5.82 Å². The minimum Gasteiger partial charge on any atom is -0.484 e. The quantitative estimate of drug-likeness (QED) is 0.859. The lowest BCUT2D eigenvalue weighted by atomic mass is 10.0. The summed E-state index contributed by atoms with van der Waals surface area (Å²) in [6, 6.07) is 11.8. The molecule has 2 aromatic rings. The molecule has 5 heteroatoms. The van der Waals surface area contributed by atoms with Gasteiger partial charge in [-0.2, -0.15) is 0 Å². The molecule has 0 aliphatic heterocycles. The van der Waals surface area contributed by atoms with Gasteiger partial charge in [-0.1, -0.05) is 39.7 Å². The Morgan fingerprint density at radius 1 is 1.25 bits per heavy atom. The highest BCUT2D eigenvalue weighted by molar-refractivity contribution is 9.10. The molecule has 0 heterocycles. The fourth-order valence-electron chi connectivity index (χ4n) is 1.86. The molecule has 106 valence electrons. The summed E-state index contributed by atoms with van der Waals surface area (Å²) < 4.78 is 20.2. The summed E-state index contributed by atoms with van der Waals surface area (Å²) in [6.07, 6.45) is -0.368. The van der Waals surface area contributed by atoms with E-state index in [1.165, 1.54) is 12.1 Å². The van der Waals surface area contributed by atoms with Crippen molar-refractivity contribution in [1.82, 2.24) is 0 Å². The van der Waals surface area contributed by atoms with Crippen molar-refractivity contribution in [3.05, 3.63) is 63.3 Å². The molecule has 20 heavy (non-hydrogen) atoms. The van der Waals surface area contributed by atoms with Gasteiger partial charge in [0.25, 0.3) is 0 Å². The highest BCUT2D eigenvalue weighted by Crippen LogP contribution is 2.28. The number of hydrogen-bond donors (Lipinski definition) is 1. The van der Waals surface area contributed by atoms with Crippen LogP contribution in [0.4, 0.5) is 4.39 Å². The van der Waals surface area contributed by atoms with Crippen LogP contribution in [0.3, 0.4) is 0 Å². The Labute approximate surface area is 130 Å². The average molecular weight is 359 g/mol. The van der Waals surface area contributed by atoms with E-state index in [1.807, 2.05) is 31.2 Å². The second-order valence-corrected chi connectivity index (χ2v) is 5.85. The van der Waals surface area contributed by atoms with E-state index in [4.69, 9.17) is 22.1 Å². The van der Waals surface area contributed by atoms with Gasteiger partial charge in [-0.3, -0.25) is 0 Å². The average Bonchev–Trinajstić information content (AvgIpc) is 2.39. The second kappa shape index (κ2) is 6.57. The van der Waals surface area contributed by atoms with Gasteiger partial charge < -0.3 is 10.5 Å². The largest absolute Gasteiger partial charge is 0.484 e. The molecular weight excluding hydrogens is 345 g/mol. The molecule has 2 nitrogen and oxygen atoms in total. The lowest BCUT2D eigenvalue weighted by molar-refractivity contribution is 0.179. The van der Waals surface area contributed by atoms with Crippen LogP contribution in [0.1, 0.15) is 18.6 Å². The maximum Gasteiger partial charge on any atom is 0.145 e. The first kappa shape index (κ1) is 15.3. The molecule has 0 aliphatic carbocycles. The molecule has 0 bridgehead atoms. The fraction of sp³-hybridized carbons (Fsp3) is 0.200. The van der Waals surface area contributed by atoms with Gasteiger partial charge in [-0.05, 0) is 36.8 Å². The monoisotopic (exact) mass is 357 g/mol. The van der Waals surface area contributed by atoms with Crippen molar-refractivity contribution in [2.24, 2.45) is 5.73 Å². The molecule has 2 unspecified atom stereocenters. The Morgan fingerprint density at radius 3 is 2.60 bits per heavy atom. The number of rotatable bonds is 4. The molecule has 2 rings (SSSR count). The van der Waals surface area contributed by atoms with Crippen molar-refractivity contribution in [1.29, 1.82) is 0 Å². The lowest BCUT2D eigenvalue weighted by Crippen LogP contribution is -2.29. The SMILES string of the molecule is CC(N)C(Oc1ccc(Cl)c(F)c1)c1cccc(Br)c1. The molecule has 0 radical (unpaired) electrons. The van der Waals surface area contributed by atoms with Crippen LogP contribution in [-0.2, 0) is 0 Å². The molecule has 0 amide bonds. The number of halogens is 3. The van der Waals surface area contributed by atoms with E-state index in [0.717, 1.165) is 10.0 Å². The Morgan fingerprint density at radius 2 is 2.00 bits per heavy atom. The third kappa shape index (κ3) is 3.72. The van der Waals surface area contributed by atoms with E-state index in [9.17, 15) is 4.39 Å². The molecule has 0 saturated heterocycles. The van der Waals surface area contributed by atoms with Crippen LogP contribution >= 0.6 is 27.5 Å². The van der Waals surface area contributed by atoms with Gasteiger partial charge in [0.15, 0.2) is 0 Å². The van der Waals surface area contributed by atoms with Crippen LogP contribution < -0.4 is 10.5 Å². The maximum absolute atomic E-state index is 13.4. The van der Waals surface area contributed by atoms with Crippen molar-refractivity contribution in [3.63, 3.8) is 0 Å². The van der Waals surface area contributed by atoms with Crippen molar-refractivity contribution in [2.45, 2.75) is 19.1 Å². The number of ether oxygens (including phenoxy) is 1. The highest BCUT2D eigenvalue weighted by atomic mass is 79.9. The van der Waals surface area contributed by atoms with Crippen molar-refractivity contribution >= 4 is 27.5 Å². The van der Waals surface area contributed by atoms with E-state index in [0.29, 0.717) is 5.75 Å². The summed E-state index contributed by atoms with van der Waals surface area (Å²) in [7, 11) is 0.